The lowest BCUT2D eigenvalue weighted by Gasteiger charge is -2.42. The Morgan fingerprint density at radius 1 is 0.377 bits per heavy atom. The van der Waals surface area contributed by atoms with Gasteiger partial charge in [-0.3, -0.25) is 0 Å². The molecule has 0 radical (unpaired) electrons. The monoisotopic (exact) mass is 1010 g/mol. The topological polar surface area (TPSA) is 34.8 Å². The predicted molar refractivity (Wildman–Crippen MR) is 320 cm³/mol. The summed E-state index contributed by atoms with van der Waals surface area (Å²) in [6, 6.07) is 72.4. The summed E-state index contributed by atoms with van der Waals surface area (Å²) in [7, 11) is 0. The minimum atomic E-state index is -0.0997. The number of thiophene rings is 1. The average molecular weight is 1010 g/mol. The SMILES string of the molecule is c1ccc(N2c3ccccc3B3c4cc5c(cc4Oc4cc(-n6c7c(c8ccccc86)CCCC7)cc2c43)Oc2cc(-n3c4c(c6ccccc63)CCCC4)cc3c2B5c2sc4ccccc4c2N3c2ccccc2)cc1. The molecule has 364 valence electrons. The van der Waals surface area contributed by atoms with Gasteiger partial charge in [0, 0.05) is 83.7 Å². The molecule has 9 heteroatoms. The van der Waals surface area contributed by atoms with Gasteiger partial charge in [-0.05, 0) is 150 Å². The number of benzene rings is 9. The highest BCUT2D eigenvalue weighted by molar-refractivity contribution is 7.33. The smallest absolute Gasteiger partial charge is 0.268 e. The van der Waals surface area contributed by atoms with Crippen molar-refractivity contribution in [3.63, 3.8) is 0 Å². The summed E-state index contributed by atoms with van der Waals surface area (Å²) in [5.74, 6) is 3.48. The Labute approximate surface area is 451 Å². The van der Waals surface area contributed by atoms with Crippen LogP contribution in [-0.4, -0.2) is 22.6 Å². The minimum absolute atomic E-state index is 0.0955. The normalized spacial score (nSPS) is 15.2. The molecule has 0 amide bonds. The molecule has 0 spiro atoms. The van der Waals surface area contributed by atoms with E-state index in [4.69, 9.17) is 9.47 Å². The number of ether oxygens (including phenoxy) is 2. The first-order valence-electron chi connectivity index (χ1n) is 27.6. The molecule has 6 nitrogen and oxygen atoms in total. The minimum Gasteiger partial charge on any atom is -0.458 e. The maximum atomic E-state index is 7.56. The second kappa shape index (κ2) is 15.9. The number of anilines is 6. The molecule has 3 aromatic heterocycles. The lowest BCUT2D eigenvalue weighted by atomic mass is 9.32. The number of hydrogen-bond acceptors (Lipinski definition) is 5. The molecular weight excluding hydrogens is 958 g/mol. The number of nitrogens with zero attached hydrogens (tertiary/aromatic N) is 4. The molecule has 4 aliphatic heterocycles. The Balaban J connectivity index is 0.898. The molecule has 6 aliphatic rings. The first kappa shape index (κ1) is 42.6. The summed E-state index contributed by atoms with van der Waals surface area (Å²) in [4.78, 5) is 5.03. The highest BCUT2D eigenvalue weighted by Crippen LogP contribution is 2.50. The van der Waals surface area contributed by atoms with Crippen molar-refractivity contribution < 1.29 is 9.47 Å². The molecule has 0 fully saturated rings. The number of hydrogen-bond donors (Lipinski definition) is 0. The summed E-state index contributed by atoms with van der Waals surface area (Å²) < 4.78 is 22.8. The third kappa shape index (κ3) is 5.87. The number of para-hydroxylation sites is 5. The Morgan fingerprint density at radius 3 is 1.53 bits per heavy atom. The molecule has 0 bridgehead atoms. The van der Waals surface area contributed by atoms with Crippen LogP contribution >= 0.6 is 11.3 Å². The van der Waals surface area contributed by atoms with Crippen LogP contribution in [0.3, 0.4) is 0 Å². The van der Waals surface area contributed by atoms with Crippen molar-refractivity contribution in [2.24, 2.45) is 0 Å². The van der Waals surface area contributed by atoms with E-state index in [1.165, 1.54) is 118 Å². The summed E-state index contributed by atoms with van der Waals surface area (Å²) in [5.41, 5.74) is 23.6. The van der Waals surface area contributed by atoms with Gasteiger partial charge in [0.25, 0.3) is 13.4 Å². The van der Waals surface area contributed by atoms with Crippen molar-refractivity contribution in [2.45, 2.75) is 51.4 Å². The molecular formula is C68H48B2N4O2S. The van der Waals surface area contributed by atoms with E-state index in [1.54, 1.807) is 0 Å². The first-order valence-corrected chi connectivity index (χ1v) is 28.5. The molecule has 0 unspecified atom stereocenters. The van der Waals surface area contributed by atoms with Gasteiger partial charge in [0.05, 0.1) is 28.1 Å². The molecule has 18 rings (SSSR count). The van der Waals surface area contributed by atoms with E-state index in [0.29, 0.717) is 0 Å². The van der Waals surface area contributed by atoms with E-state index in [-0.39, 0.29) is 13.4 Å². The van der Waals surface area contributed by atoms with Crippen molar-refractivity contribution in [2.75, 3.05) is 9.80 Å². The predicted octanol–water partition coefficient (Wildman–Crippen LogP) is 13.4. The second-order valence-electron chi connectivity index (χ2n) is 21.9. The van der Waals surface area contributed by atoms with Gasteiger partial charge in [-0.2, -0.15) is 0 Å². The Kier molecular flexibility index (Phi) is 8.81. The summed E-state index contributed by atoms with van der Waals surface area (Å²) in [5, 5.41) is 3.99. The Bertz CT molecular complexity index is 4520. The van der Waals surface area contributed by atoms with Crippen LogP contribution in [0.1, 0.15) is 48.2 Å². The van der Waals surface area contributed by atoms with Crippen LogP contribution in [0.25, 0.3) is 43.3 Å². The van der Waals surface area contributed by atoms with E-state index >= 15 is 0 Å². The second-order valence-corrected chi connectivity index (χ2v) is 23.0. The maximum absolute atomic E-state index is 7.56. The molecule has 0 atom stereocenters. The quantitative estimate of drug-likeness (QED) is 0.165. The first-order chi connectivity index (χ1) is 38.2. The van der Waals surface area contributed by atoms with Gasteiger partial charge in [-0.15, -0.1) is 11.3 Å². The lowest BCUT2D eigenvalue weighted by molar-refractivity contribution is 0.465. The van der Waals surface area contributed by atoms with Crippen molar-refractivity contribution in [3.05, 3.63) is 217 Å². The Morgan fingerprint density at radius 2 is 0.883 bits per heavy atom. The maximum Gasteiger partial charge on any atom is 0.268 e. The third-order valence-corrected chi connectivity index (χ3v) is 19.2. The molecule has 2 aliphatic carbocycles. The van der Waals surface area contributed by atoms with Crippen LogP contribution in [0.4, 0.5) is 34.1 Å². The number of aromatic nitrogens is 2. The fourth-order valence-electron chi connectivity index (χ4n) is 14.9. The van der Waals surface area contributed by atoms with Crippen molar-refractivity contribution >= 4 is 123 Å². The molecule has 0 saturated heterocycles. The van der Waals surface area contributed by atoms with Crippen molar-refractivity contribution in [1.29, 1.82) is 0 Å². The van der Waals surface area contributed by atoms with Gasteiger partial charge in [0.2, 0.25) is 0 Å². The third-order valence-electron chi connectivity index (χ3n) is 17.9. The van der Waals surface area contributed by atoms with Gasteiger partial charge in [0.15, 0.2) is 0 Å². The van der Waals surface area contributed by atoms with Crippen LogP contribution in [-0.2, 0) is 25.7 Å². The number of fused-ring (bicyclic) bond motifs is 16. The van der Waals surface area contributed by atoms with Crippen LogP contribution < -0.4 is 51.4 Å². The van der Waals surface area contributed by atoms with Gasteiger partial charge < -0.3 is 28.4 Å². The van der Waals surface area contributed by atoms with Gasteiger partial charge in [0.1, 0.15) is 23.0 Å². The lowest BCUT2D eigenvalue weighted by Crippen LogP contribution is -2.62. The highest BCUT2D eigenvalue weighted by Gasteiger charge is 2.48. The molecule has 7 heterocycles. The van der Waals surface area contributed by atoms with E-state index in [0.717, 1.165) is 88.3 Å². The van der Waals surface area contributed by atoms with Crippen LogP contribution in [0, 0.1) is 0 Å². The fourth-order valence-corrected chi connectivity index (χ4v) is 16.2. The van der Waals surface area contributed by atoms with E-state index in [1.807, 2.05) is 11.3 Å². The highest BCUT2D eigenvalue weighted by atomic mass is 32.1. The van der Waals surface area contributed by atoms with E-state index < -0.39 is 0 Å². The standard InChI is InChI=1S/C68H48B2N4O2S/c1-3-19-41(20-4-1)71-57-33-17-12-28-50(57)69-51-39-52-61(40-60(51)75-62-37-43(35-58(71)65(62)69)72-53-29-13-7-23-45(53)46-24-8-14-30-54(46)72)76-63-38-44(73-55-31-15-9-25-47(55)48-26-10-16-32-56(48)73)36-59-66(63)70(52)68-67(49-27-11-18-34-64(49)77-68)74(59)42-21-5-2-6-22-42/h1-7,9,11-13,15,17-23,25,27-29,31,33-40H,8,10,14,16,24,26,30,32H2. The number of rotatable bonds is 4. The molecule has 9 aromatic carbocycles. The van der Waals surface area contributed by atoms with Crippen molar-refractivity contribution in [1.82, 2.24) is 9.13 Å². The van der Waals surface area contributed by atoms with E-state index in [2.05, 4.69) is 213 Å². The molecule has 77 heavy (non-hydrogen) atoms. The summed E-state index contributed by atoms with van der Waals surface area (Å²) in [6.45, 7) is -0.195. The van der Waals surface area contributed by atoms with Crippen LogP contribution in [0.15, 0.2) is 194 Å². The van der Waals surface area contributed by atoms with Crippen molar-refractivity contribution in [3.8, 4) is 34.4 Å². The largest absolute Gasteiger partial charge is 0.458 e. The molecule has 12 aromatic rings. The zero-order valence-corrected chi connectivity index (χ0v) is 43.1. The molecule has 0 N–H and O–H groups in total. The van der Waals surface area contributed by atoms with E-state index in [9.17, 15) is 0 Å². The van der Waals surface area contributed by atoms with Gasteiger partial charge in [-0.25, -0.2) is 0 Å². The molecule has 0 saturated carbocycles. The zero-order valence-electron chi connectivity index (χ0n) is 42.3. The number of aryl methyl sites for hydroxylation is 2. The fraction of sp³-hybridized carbons (Fsp3) is 0.118. The average Bonchev–Trinajstić information content (AvgIpc) is 4.33. The zero-order chi connectivity index (χ0) is 50.0. The van der Waals surface area contributed by atoms with Gasteiger partial charge >= 0.3 is 0 Å². The van der Waals surface area contributed by atoms with Gasteiger partial charge in [-0.1, -0.05) is 115 Å². The van der Waals surface area contributed by atoms with Crippen LogP contribution in [0.5, 0.6) is 23.0 Å². The summed E-state index contributed by atoms with van der Waals surface area (Å²) >= 11 is 1.92. The Hall–Kier alpha value is -8.65. The van der Waals surface area contributed by atoms with Crippen LogP contribution in [0.2, 0.25) is 0 Å². The summed E-state index contributed by atoms with van der Waals surface area (Å²) in [6.07, 6.45) is 9.12.